The van der Waals surface area contributed by atoms with Gasteiger partial charge in [0.25, 0.3) is 12.0 Å². The van der Waals surface area contributed by atoms with E-state index in [1.54, 1.807) is 20.0 Å². The Hall–Kier alpha value is -2.98. The van der Waals surface area contributed by atoms with Crippen LogP contribution in [0.25, 0.3) is 11.0 Å². The van der Waals surface area contributed by atoms with Gasteiger partial charge in [0.15, 0.2) is 0 Å². The molecule has 0 amide bonds. The molecule has 1 aliphatic rings. The van der Waals surface area contributed by atoms with Gasteiger partial charge in [0, 0.05) is 30.6 Å². The smallest absolute Gasteiger partial charge is 0.266 e. The number of hydrogen-bond donors (Lipinski definition) is 3. The Kier molecular flexibility index (Phi) is 6.16. The number of aryl methyl sites for hydroxylation is 1. The molecule has 32 heavy (non-hydrogen) atoms. The summed E-state index contributed by atoms with van der Waals surface area (Å²) >= 11 is 0. The van der Waals surface area contributed by atoms with Crippen molar-refractivity contribution in [3.8, 4) is 0 Å². The number of aliphatic hydroxyl groups excluding tert-OH is 1. The van der Waals surface area contributed by atoms with Crippen LogP contribution in [0.3, 0.4) is 0 Å². The van der Waals surface area contributed by atoms with Crippen LogP contribution in [-0.4, -0.2) is 38.8 Å². The van der Waals surface area contributed by atoms with E-state index in [9.17, 15) is 23.1 Å². The fraction of sp³-hybridized carbons (Fsp3) is 0.409. The average Bonchev–Trinajstić information content (AvgIpc) is 2.77. The minimum absolute atomic E-state index is 0.0772. The van der Waals surface area contributed by atoms with Gasteiger partial charge >= 0.3 is 0 Å². The molecule has 4 rings (SSSR count). The molecule has 2 aromatic heterocycles. The maximum atomic E-state index is 14.6. The molecule has 3 atom stereocenters. The van der Waals surface area contributed by atoms with Crippen LogP contribution in [-0.2, 0) is 7.05 Å². The first kappa shape index (κ1) is 22.2. The zero-order valence-corrected chi connectivity index (χ0v) is 17.6. The van der Waals surface area contributed by atoms with Crippen molar-refractivity contribution in [1.29, 1.82) is 0 Å². The van der Waals surface area contributed by atoms with Gasteiger partial charge in [-0.05, 0) is 26.0 Å². The lowest BCUT2D eigenvalue weighted by Crippen LogP contribution is -2.41. The first-order valence-corrected chi connectivity index (χ1v) is 10.4. The summed E-state index contributed by atoms with van der Waals surface area (Å²) in [7, 11) is 1.59. The normalized spacial score (nSPS) is 20.0. The van der Waals surface area contributed by atoms with E-state index < -0.39 is 30.0 Å². The Morgan fingerprint density at radius 2 is 2.03 bits per heavy atom. The van der Waals surface area contributed by atoms with E-state index in [0.29, 0.717) is 41.9 Å². The summed E-state index contributed by atoms with van der Waals surface area (Å²) < 4.78 is 42.2. The Balaban J connectivity index is 1.77. The minimum atomic E-state index is -2.92. The number of fused-ring (bicyclic) bond motifs is 1. The Morgan fingerprint density at radius 1 is 1.28 bits per heavy atom. The first-order valence-electron chi connectivity index (χ1n) is 10.4. The van der Waals surface area contributed by atoms with E-state index in [0.717, 1.165) is 6.07 Å². The van der Waals surface area contributed by atoms with Gasteiger partial charge in [0.1, 0.15) is 23.6 Å². The van der Waals surface area contributed by atoms with Crippen molar-refractivity contribution < 1.29 is 18.3 Å². The molecular weight excluding hydrogens is 423 g/mol. The van der Waals surface area contributed by atoms with Gasteiger partial charge in [-0.15, -0.1) is 0 Å². The van der Waals surface area contributed by atoms with E-state index >= 15 is 0 Å². The van der Waals surface area contributed by atoms with Crippen LogP contribution in [0.1, 0.15) is 48.4 Å². The van der Waals surface area contributed by atoms with Crippen molar-refractivity contribution in [2.24, 2.45) is 7.05 Å². The van der Waals surface area contributed by atoms with Crippen molar-refractivity contribution in [3.05, 3.63) is 63.5 Å². The molecule has 3 aromatic rings. The third-order valence-corrected chi connectivity index (χ3v) is 5.99. The SMILES string of the molecule is CC(Nc1ncnc2c1cc(C1CCNCC1O)c(=O)n2C)c1cccc(C(F)F)c1F. The van der Waals surface area contributed by atoms with Gasteiger partial charge < -0.3 is 15.7 Å². The summed E-state index contributed by atoms with van der Waals surface area (Å²) in [6, 6.07) is 4.86. The lowest BCUT2D eigenvalue weighted by atomic mass is 9.88. The zero-order valence-electron chi connectivity index (χ0n) is 17.6. The van der Waals surface area contributed by atoms with Gasteiger partial charge in [-0.2, -0.15) is 0 Å². The van der Waals surface area contributed by atoms with Crippen molar-refractivity contribution >= 4 is 16.9 Å². The molecule has 170 valence electrons. The number of β-amino-alcohol motifs (C(OH)–C–C–N with tert-alkyl or cyclic N) is 1. The molecule has 0 bridgehead atoms. The van der Waals surface area contributed by atoms with Crippen LogP contribution in [0.2, 0.25) is 0 Å². The monoisotopic (exact) mass is 447 g/mol. The molecule has 0 radical (unpaired) electrons. The number of halogens is 3. The van der Waals surface area contributed by atoms with Crippen LogP contribution >= 0.6 is 0 Å². The lowest BCUT2D eigenvalue weighted by Gasteiger charge is -2.28. The van der Waals surface area contributed by atoms with E-state index in [1.807, 2.05) is 0 Å². The van der Waals surface area contributed by atoms with Crippen LogP contribution in [0.5, 0.6) is 0 Å². The number of pyridine rings is 1. The molecule has 3 heterocycles. The molecule has 1 aromatic carbocycles. The minimum Gasteiger partial charge on any atom is -0.391 e. The fourth-order valence-corrected chi connectivity index (χ4v) is 4.23. The summed E-state index contributed by atoms with van der Waals surface area (Å²) in [5.41, 5.74) is -0.0162. The molecule has 0 spiro atoms. The summed E-state index contributed by atoms with van der Waals surface area (Å²) in [5.74, 6) is -0.971. The number of benzene rings is 1. The van der Waals surface area contributed by atoms with Crippen LogP contribution in [0.4, 0.5) is 19.0 Å². The van der Waals surface area contributed by atoms with Crippen LogP contribution < -0.4 is 16.2 Å². The maximum absolute atomic E-state index is 14.6. The third-order valence-electron chi connectivity index (χ3n) is 5.99. The van der Waals surface area contributed by atoms with Crippen molar-refractivity contribution in [2.45, 2.75) is 37.8 Å². The molecule has 1 saturated heterocycles. The molecule has 10 heteroatoms. The molecule has 3 N–H and O–H groups in total. The summed E-state index contributed by atoms with van der Waals surface area (Å²) in [4.78, 5) is 21.4. The largest absolute Gasteiger partial charge is 0.391 e. The average molecular weight is 447 g/mol. The highest BCUT2D eigenvalue weighted by Crippen LogP contribution is 2.31. The molecule has 0 saturated carbocycles. The van der Waals surface area contributed by atoms with Gasteiger partial charge in [-0.3, -0.25) is 9.36 Å². The number of anilines is 1. The van der Waals surface area contributed by atoms with Crippen LogP contribution in [0.15, 0.2) is 35.4 Å². The number of hydrogen-bond acceptors (Lipinski definition) is 6. The first-order chi connectivity index (χ1) is 15.3. The molecule has 0 aliphatic carbocycles. The predicted octanol–water partition coefficient (Wildman–Crippen LogP) is 3.02. The zero-order chi connectivity index (χ0) is 23.0. The van der Waals surface area contributed by atoms with Crippen molar-refractivity contribution in [1.82, 2.24) is 19.9 Å². The fourth-order valence-electron chi connectivity index (χ4n) is 4.23. The van der Waals surface area contributed by atoms with Crippen LogP contribution in [0, 0.1) is 5.82 Å². The predicted molar refractivity (Wildman–Crippen MR) is 114 cm³/mol. The second-order valence-electron chi connectivity index (χ2n) is 8.01. The van der Waals surface area contributed by atoms with Gasteiger partial charge in [-0.1, -0.05) is 18.2 Å². The molecule has 3 unspecified atom stereocenters. The van der Waals surface area contributed by atoms with Gasteiger partial charge in [0.05, 0.1) is 23.1 Å². The van der Waals surface area contributed by atoms with E-state index in [4.69, 9.17) is 0 Å². The van der Waals surface area contributed by atoms with E-state index in [2.05, 4.69) is 20.6 Å². The number of rotatable bonds is 5. The lowest BCUT2D eigenvalue weighted by molar-refractivity contribution is 0.118. The molecule has 1 fully saturated rings. The second kappa shape index (κ2) is 8.87. The van der Waals surface area contributed by atoms with E-state index in [-0.39, 0.29) is 17.0 Å². The van der Waals surface area contributed by atoms with Gasteiger partial charge in [0.2, 0.25) is 0 Å². The topological polar surface area (TPSA) is 92.1 Å². The van der Waals surface area contributed by atoms with Crippen molar-refractivity contribution in [2.75, 3.05) is 18.4 Å². The maximum Gasteiger partial charge on any atom is 0.266 e. The molecule has 1 aliphatic heterocycles. The van der Waals surface area contributed by atoms with Crippen molar-refractivity contribution in [3.63, 3.8) is 0 Å². The van der Waals surface area contributed by atoms with E-state index in [1.165, 1.54) is 23.0 Å². The number of nitrogens with one attached hydrogen (secondary N) is 2. The summed E-state index contributed by atoms with van der Waals surface area (Å²) in [5, 5.41) is 17.1. The second-order valence-corrected chi connectivity index (χ2v) is 8.01. The highest BCUT2D eigenvalue weighted by atomic mass is 19.3. The number of aromatic nitrogens is 3. The highest BCUT2D eigenvalue weighted by Gasteiger charge is 2.28. The Morgan fingerprint density at radius 3 is 2.75 bits per heavy atom. The Labute approximate surface area is 182 Å². The molecular formula is C22H24F3N5O2. The third kappa shape index (κ3) is 3.95. The quantitative estimate of drug-likeness (QED) is 0.557. The Bertz CT molecular complexity index is 1200. The summed E-state index contributed by atoms with van der Waals surface area (Å²) in [6.07, 6.45) is -1.75. The number of aliphatic hydroxyl groups is 1. The van der Waals surface area contributed by atoms with Gasteiger partial charge in [-0.25, -0.2) is 23.1 Å². The molecule has 7 nitrogen and oxygen atoms in total. The number of nitrogens with zero attached hydrogens (tertiary/aromatic N) is 3. The highest BCUT2D eigenvalue weighted by molar-refractivity contribution is 5.87. The number of alkyl halides is 2. The standard InChI is InChI=1S/C22H24F3N5O2/c1-11(12-4-3-5-14(18(12)23)19(24)25)29-20-16-8-15(13-6-7-26-9-17(13)31)22(32)30(2)21(16)28-10-27-20/h3-5,8,10-11,13,17,19,26,31H,6-7,9H2,1-2H3,(H,27,28,29). The summed E-state index contributed by atoms with van der Waals surface area (Å²) in [6.45, 7) is 2.70. The number of piperidine rings is 1.